The second kappa shape index (κ2) is 9.38. The van der Waals surface area contributed by atoms with Gasteiger partial charge >= 0.3 is 0 Å². The van der Waals surface area contributed by atoms with E-state index in [2.05, 4.69) is 34.6 Å². The largest absolute Gasteiger partial charge is 0.493 e. The van der Waals surface area contributed by atoms with Gasteiger partial charge in [0.1, 0.15) is 5.01 Å². The Morgan fingerprint density at radius 1 is 1.03 bits per heavy atom. The minimum absolute atomic E-state index is 0.139. The molecular weight excluding hydrogens is 390 g/mol. The van der Waals surface area contributed by atoms with Crippen molar-refractivity contribution < 1.29 is 19.0 Å². The maximum atomic E-state index is 12.7. The van der Waals surface area contributed by atoms with E-state index in [0.29, 0.717) is 27.9 Å². The summed E-state index contributed by atoms with van der Waals surface area (Å²) in [4.78, 5) is 12.7. The molecule has 0 aliphatic rings. The quantitative estimate of drug-likeness (QED) is 0.591. The van der Waals surface area contributed by atoms with Crippen LogP contribution >= 0.6 is 11.3 Å². The van der Waals surface area contributed by atoms with Crippen LogP contribution in [0.1, 0.15) is 40.2 Å². The van der Waals surface area contributed by atoms with Crippen molar-refractivity contribution >= 4 is 22.4 Å². The zero-order valence-electron chi connectivity index (χ0n) is 16.8. The standard InChI is InChI=1S/C21H23N3O4S/c1-5-15(13-9-7-6-8-10-13)20-23-24-21(29-20)22-19(25)14-11-16(26-2)18(28-4)17(12-14)27-3/h6-12,15H,5H2,1-4H3,(H,22,24,25). The van der Waals surface area contributed by atoms with Crippen molar-refractivity contribution in [2.24, 2.45) is 0 Å². The van der Waals surface area contributed by atoms with Crippen molar-refractivity contribution in [1.82, 2.24) is 10.2 Å². The normalized spacial score (nSPS) is 11.6. The molecule has 1 heterocycles. The number of amides is 1. The molecule has 8 heteroatoms. The third-order valence-corrected chi connectivity index (χ3v) is 5.45. The molecule has 3 aromatic rings. The van der Waals surface area contributed by atoms with Crippen LogP contribution in [0.4, 0.5) is 5.13 Å². The topological polar surface area (TPSA) is 82.6 Å². The first-order valence-corrected chi connectivity index (χ1v) is 9.92. The van der Waals surface area contributed by atoms with Gasteiger partial charge in [-0.3, -0.25) is 10.1 Å². The number of nitrogens with zero attached hydrogens (tertiary/aromatic N) is 2. The third-order valence-electron chi connectivity index (χ3n) is 4.50. The second-order valence-corrected chi connectivity index (χ2v) is 7.19. The molecule has 152 valence electrons. The van der Waals surface area contributed by atoms with Gasteiger partial charge in [0, 0.05) is 11.5 Å². The van der Waals surface area contributed by atoms with Gasteiger partial charge in [0.15, 0.2) is 11.5 Å². The third kappa shape index (κ3) is 4.48. The summed E-state index contributed by atoms with van der Waals surface area (Å²) in [6, 6.07) is 13.3. The number of ether oxygens (including phenoxy) is 3. The van der Waals surface area contributed by atoms with E-state index in [9.17, 15) is 4.79 Å². The molecule has 0 saturated heterocycles. The monoisotopic (exact) mass is 413 g/mol. The smallest absolute Gasteiger partial charge is 0.257 e. The van der Waals surface area contributed by atoms with Crippen LogP contribution in [0.5, 0.6) is 17.2 Å². The Hall–Kier alpha value is -3.13. The summed E-state index contributed by atoms with van der Waals surface area (Å²) in [5, 5.41) is 12.5. The van der Waals surface area contributed by atoms with Gasteiger partial charge in [-0.2, -0.15) is 0 Å². The molecule has 7 nitrogen and oxygen atoms in total. The number of hydrogen-bond donors (Lipinski definition) is 1. The summed E-state index contributed by atoms with van der Waals surface area (Å²) in [7, 11) is 4.52. The van der Waals surface area contributed by atoms with E-state index in [1.807, 2.05) is 18.2 Å². The summed E-state index contributed by atoms with van der Waals surface area (Å²) in [6.45, 7) is 2.10. The van der Waals surface area contributed by atoms with E-state index in [4.69, 9.17) is 14.2 Å². The summed E-state index contributed by atoms with van der Waals surface area (Å²) in [5.41, 5.74) is 1.54. The lowest BCUT2D eigenvalue weighted by Crippen LogP contribution is -2.12. The van der Waals surface area contributed by atoms with Gasteiger partial charge in [0.05, 0.1) is 21.3 Å². The van der Waals surface area contributed by atoms with E-state index in [0.717, 1.165) is 11.4 Å². The molecule has 1 atom stereocenters. The molecule has 1 aromatic heterocycles. The summed E-state index contributed by atoms with van der Waals surface area (Å²) in [6.07, 6.45) is 0.888. The summed E-state index contributed by atoms with van der Waals surface area (Å²) < 4.78 is 15.9. The molecule has 3 rings (SSSR count). The molecule has 0 bridgehead atoms. The number of benzene rings is 2. The minimum Gasteiger partial charge on any atom is -0.493 e. The van der Waals surface area contributed by atoms with E-state index in [1.54, 1.807) is 12.1 Å². The van der Waals surface area contributed by atoms with Crippen LogP contribution in [0.2, 0.25) is 0 Å². The van der Waals surface area contributed by atoms with Crippen molar-refractivity contribution in [3.63, 3.8) is 0 Å². The molecule has 1 N–H and O–H groups in total. The lowest BCUT2D eigenvalue weighted by Gasteiger charge is -2.13. The molecule has 29 heavy (non-hydrogen) atoms. The van der Waals surface area contributed by atoms with Crippen molar-refractivity contribution in [3.8, 4) is 17.2 Å². The molecule has 0 saturated carbocycles. The van der Waals surface area contributed by atoms with E-state index >= 15 is 0 Å². The lowest BCUT2D eigenvalue weighted by molar-refractivity contribution is 0.102. The van der Waals surface area contributed by atoms with Gasteiger partial charge < -0.3 is 14.2 Å². The number of methoxy groups -OCH3 is 3. The highest BCUT2D eigenvalue weighted by Crippen LogP contribution is 2.38. The maximum Gasteiger partial charge on any atom is 0.257 e. The molecule has 2 aromatic carbocycles. The highest BCUT2D eigenvalue weighted by molar-refractivity contribution is 7.15. The van der Waals surface area contributed by atoms with Gasteiger partial charge in [-0.15, -0.1) is 10.2 Å². The highest BCUT2D eigenvalue weighted by atomic mass is 32.1. The molecule has 1 amide bonds. The van der Waals surface area contributed by atoms with Crippen molar-refractivity contribution in [3.05, 3.63) is 58.6 Å². The molecular formula is C21H23N3O4S. The molecule has 0 aliphatic heterocycles. The van der Waals surface area contributed by atoms with E-state index in [1.165, 1.54) is 38.2 Å². The average molecular weight is 413 g/mol. The predicted molar refractivity (Wildman–Crippen MR) is 113 cm³/mol. The Morgan fingerprint density at radius 3 is 2.24 bits per heavy atom. The van der Waals surface area contributed by atoms with Gasteiger partial charge in [-0.25, -0.2) is 0 Å². The number of hydrogen-bond acceptors (Lipinski definition) is 7. The summed E-state index contributed by atoms with van der Waals surface area (Å²) >= 11 is 1.37. The zero-order chi connectivity index (χ0) is 20.8. The number of anilines is 1. The van der Waals surface area contributed by atoms with E-state index < -0.39 is 0 Å². The first-order chi connectivity index (χ1) is 14.1. The Kier molecular flexibility index (Phi) is 6.66. The van der Waals surface area contributed by atoms with Crippen molar-refractivity contribution in [2.75, 3.05) is 26.6 Å². The highest BCUT2D eigenvalue weighted by Gasteiger charge is 2.20. The maximum absolute atomic E-state index is 12.7. The fraction of sp³-hybridized carbons (Fsp3) is 0.286. The molecule has 0 fully saturated rings. The fourth-order valence-electron chi connectivity index (χ4n) is 3.05. The second-order valence-electron chi connectivity index (χ2n) is 6.19. The Labute approximate surface area is 173 Å². The van der Waals surface area contributed by atoms with E-state index in [-0.39, 0.29) is 11.8 Å². The number of carbonyl (C=O) groups excluding carboxylic acids is 1. The van der Waals surface area contributed by atoms with Gasteiger partial charge in [-0.05, 0) is 24.1 Å². The van der Waals surface area contributed by atoms with Gasteiger partial charge in [0.25, 0.3) is 5.91 Å². The molecule has 1 unspecified atom stereocenters. The molecule has 0 radical (unpaired) electrons. The number of nitrogens with one attached hydrogen (secondary N) is 1. The predicted octanol–water partition coefficient (Wildman–Crippen LogP) is 4.36. The van der Waals surface area contributed by atoms with Crippen LogP contribution in [0, 0.1) is 0 Å². The fourth-order valence-corrected chi connectivity index (χ4v) is 4.00. The minimum atomic E-state index is -0.334. The van der Waals surface area contributed by atoms with Crippen LogP contribution in [0.15, 0.2) is 42.5 Å². The SMILES string of the molecule is CCC(c1ccccc1)c1nnc(NC(=O)c2cc(OC)c(OC)c(OC)c2)s1. The van der Waals surface area contributed by atoms with Crippen molar-refractivity contribution in [1.29, 1.82) is 0 Å². The van der Waals surface area contributed by atoms with Gasteiger partial charge in [-0.1, -0.05) is 48.6 Å². The Morgan fingerprint density at radius 2 is 1.69 bits per heavy atom. The van der Waals surface area contributed by atoms with Crippen LogP contribution < -0.4 is 19.5 Å². The van der Waals surface area contributed by atoms with Crippen molar-refractivity contribution in [2.45, 2.75) is 19.3 Å². The Balaban J connectivity index is 1.82. The van der Waals surface area contributed by atoms with Crippen LogP contribution in [0.3, 0.4) is 0 Å². The lowest BCUT2D eigenvalue weighted by atomic mass is 9.97. The average Bonchev–Trinajstić information content (AvgIpc) is 3.21. The van der Waals surface area contributed by atoms with Crippen LogP contribution in [0.25, 0.3) is 0 Å². The Bertz CT molecular complexity index is 950. The molecule has 0 aliphatic carbocycles. The first kappa shape index (κ1) is 20.6. The number of carbonyl (C=O) groups is 1. The van der Waals surface area contributed by atoms with Crippen LogP contribution in [-0.4, -0.2) is 37.4 Å². The van der Waals surface area contributed by atoms with Crippen LogP contribution in [-0.2, 0) is 0 Å². The van der Waals surface area contributed by atoms with Gasteiger partial charge in [0.2, 0.25) is 10.9 Å². The molecule has 0 spiro atoms. The zero-order valence-corrected chi connectivity index (χ0v) is 17.6. The summed E-state index contributed by atoms with van der Waals surface area (Å²) in [5.74, 6) is 1.05. The number of aromatic nitrogens is 2. The first-order valence-electron chi connectivity index (χ1n) is 9.10. The number of rotatable bonds is 8.